The number of hydrogen-bond donors (Lipinski definition) is 1. The summed E-state index contributed by atoms with van der Waals surface area (Å²) in [4.78, 5) is 16.9. The Labute approximate surface area is 128 Å². The molecule has 1 aromatic heterocycles. The number of rotatable bonds is 1. The Bertz CT molecular complexity index is 752. The Balaban J connectivity index is 2.06. The van der Waals surface area contributed by atoms with Crippen LogP contribution in [0, 0.1) is 5.92 Å². The number of Topliss-reactive ketones (excluding diaryl/α,β-unsaturated/α-hetero) is 1. The number of thiazole rings is 1. The highest BCUT2D eigenvalue weighted by Gasteiger charge is 2.35. The highest BCUT2D eigenvalue weighted by molar-refractivity contribution is 7.17. The zero-order valence-corrected chi connectivity index (χ0v) is 12.4. The third kappa shape index (κ3) is 2.49. The number of phenolic OH excluding ortho intramolecular Hbond substituents is 1. The minimum atomic E-state index is -4.64. The minimum absolute atomic E-state index is 0.000164. The van der Waals surface area contributed by atoms with E-state index in [-0.39, 0.29) is 17.3 Å². The van der Waals surface area contributed by atoms with Crippen LogP contribution in [0.1, 0.15) is 34.3 Å². The van der Waals surface area contributed by atoms with E-state index in [2.05, 4.69) is 4.98 Å². The molecule has 1 heterocycles. The third-order valence-corrected chi connectivity index (χ3v) is 4.89. The molecule has 7 heteroatoms. The number of aryl methyl sites for hydroxylation is 1. The second kappa shape index (κ2) is 5.08. The molecule has 1 N–H and O–H groups in total. The van der Waals surface area contributed by atoms with Gasteiger partial charge in [0, 0.05) is 11.5 Å². The van der Waals surface area contributed by atoms with Crippen molar-refractivity contribution in [3.05, 3.63) is 34.3 Å². The summed E-state index contributed by atoms with van der Waals surface area (Å²) in [5, 5.41) is 9.74. The van der Waals surface area contributed by atoms with E-state index in [0.29, 0.717) is 28.4 Å². The fourth-order valence-electron chi connectivity index (χ4n) is 2.44. The maximum absolute atomic E-state index is 12.9. The first-order valence-electron chi connectivity index (χ1n) is 6.72. The number of ketones is 1. The van der Waals surface area contributed by atoms with E-state index in [1.807, 2.05) is 6.92 Å². The summed E-state index contributed by atoms with van der Waals surface area (Å²) in [6.07, 6.45) is -3.28. The van der Waals surface area contributed by atoms with Gasteiger partial charge in [0.05, 0.1) is 16.1 Å². The lowest BCUT2D eigenvalue weighted by atomic mass is 9.92. The highest BCUT2D eigenvalue weighted by Crippen LogP contribution is 2.40. The molecular weight excluding hydrogens is 315 g/mol. The quantitative estimate of drug-likeness (QED) is 0.849. The lowest BCUT2D eigenvalue weighted by Gasteiger charge is -2.14. The Morgan fingerprint density at radius 2 is 2.09 bits per heavy atom. The van der Waals surface area contributed by atoms with Crippen LogP contribution in [0.3, 0.4) is 0 Å². The smallest absolute Gasteiger partial charge is 0.419 e. The van der Waals surface area contributed by atoms with E-state index >= 15 is 0 Å². The highest BCUT2D eigenvalue weighted by atomic mass is 32.1. The number of carbonyl (C=O) groups excluding carboxylic acids is 1. The van der Waals surface area contributed by atoms with Crippen LogP contribution in [0.4, 0.5) is 13.2 Å². The van der Waals surface area contributed by atoms with Crippen molar-refractivity contribution in [1.29, 1.82) is 0 Å². The minimum Gasteiger partial charge on any atom is -0.507 e. The van der Waals surface area contributed by atoms with Crippen LogP contribution in [-0.4, -0.2) is 15.9 Å². The number of benzene rings is 1. The van der Waals surface area contributed by atoms with Crippen LogP contribution in [-0.2, 0) is 12.6 Å². The number of aromatic hydroxyl groups is 1. The molecule has 1 unspecified atom stereocenters. The lowest BCUT2D eigenvalue weighted by molar-refractivity contribution is -0.138. The summed E-state index contributed by atoms with van der Waals surface area (Å²) in [5.41, 5.74) is -0.187. The third-order valence-electron chi connectivity index (χ3n) is 3.73. The van der Waals surface area contributed by atoms with Crippen molar-refractivity contribution in [3.8, 4) is 16.3 Å². The maximum atomic E-state index is 12.9. The summed E-state index contributed by atoms with van der Waals surface area (Å²) in [5.74, 6) is -0.895. The predicted octanol–water partition coefficient (Wildman–Crippen LogP) is 4.30. The van der Waals surface area contributed by atoms with Gasteiger partial charge in [-0.2, -0.15) is 13.2 Å². The zero-order chi connectivity index (χ0) is 16.1. The lowest BCUT2D eigenvalue weighted by Crippen LogP contribution is -2.18. The normalized spacial score (nSPS) is 18.4. The van der Waals surface area contributed by atoms with E-state index in [1.54, 1.807) is 0 Å². The van der Waals surface area contributed by atoms with Gasteiger partial charge in [-0.25, -0.2) is 4.98 Å². The zero-order valence-electron chi connectivity index (χ0n) is 11.6. The standard InChI is InChI=1S/C15H12F3NO2S/c1-7-2-4-10-13(12(7)21)22-14(19-10)8-3-5-11(20)9(6-8)15(16,17)18/h3,5-7,20H,2,4H2,1H3. The van der Waals surface area contributed by atoms with Crippen molar-refractivity contribution < 1.29 is 23.1 Å². The molecule has 1 aliphatic carbocycles. The number of aromatic nitrogens is 1. The Kier molecular flexibility index (Phi) is 3.47. The maximum Gasteiger partial charge on any atom is 0.419 e. The molecule has 3 rings (SSSR count). The van der Waals surface area contributed by atoms with Gasteiger partial charge < -0.3 is 5.11 Å². The van der Waals surface area contributed by atoms with Crippen LogP contribution < -0.4 is 0 Å². The predicted molar refractivity (Wildman–Crippen MR) is 76.0 cm³/mol. The Hall–Kier alpha value is -1.89. The van der Waals surface area contributed by atoms with Crippen LogP contribution in [0.2, 0.25) is 0 Å². The fraction of sp³-hybridized carbons (Fsp3) is 0.333. The van der Waals surface area contributed by atoms with Crippen LogP contribution in [0.5, 0.6) is 5.75 Å². The number of phenols is 1. The molecule has 0 saturated heterocycles. The van der Waals surface area contributed by atoms with E-state index in [9.17, 15) is 23.1 Å². The molecule has 0 spiro atoms. The molecule has 0 fully saturated rings. The summed E-state index contributed by atoms with van der Waals surface area (Å²) in [6, 6.07) is 3.25. The molecule has 22 heavy (non-hydrogen) atoms. The van der Waals surface area contributed by atoms with Gasteiger partial charge in [-0.05, 0) is 31.0 Å². The number of carbonyl (C=O) groups is 1. The Morgan fingerprint density at radius 3 is 2.77 bits per heavy atom. The van der Waals surface area contributed by atoms with Gasteiger partial charge in [0.15, 0.2) is 5.78 Å². The molecular formula is C15H12F3NO2S. The average Bonchev–Trinajstić information content (AvgIpc) is 2.87. The van der Waals surface area contributed by atoms with Gasteiger partial charge in [0.25, 0.3) is 0 Å². The molecule has 0 bridgehead atoms. The number of fused-ring (bicyclic) bond motifs is 1. The van der Waals surface area contributed by atoms with E-state index < -0.39 is 17.5 Å². The molecule has 0 saturated carbocycles. The molecule has 0 radical (unpaired) electrons. The molecule has 1 aliphatic rings. The second-order valence-corrected chi connectivity index (χ2v) is 6.33. The molecule has 1 aromatic carbocycles. The largest absolute Gasteiger partial charge is 0.507 e. The summed E-state index contributed by atoms with van der Waals surface area (Å²) < 4.78 is 38.6. The van der Waals surface area contributed by atoms with Crippen LogP contribution in [0.15, 0.2) is 18.2 Å². The number of halogens is 3. The van der Waals surface area contributed by atoms with Gasteiger partial charge in [0.2, 0.25) is 0 Å². The molecule has 2 aromatic rings. The molecule has 1 atom stereocenters. The van der Waals surface area contributed by atoms with Gasteiger partial charge >= 0.3 is 6.18 Å². The van der Waals surface area contributed by atoms with Gasteiger partial charge in [-0.15, -0.1) is 11.3 Å². The number of hydrogen-bond acceptors (Lipinski definition) is 4. The number of alkyl halides is 3. The van der Waals surface area contributed by atoms with Crippen LogP contribution in [0.25, 0.3) is 10.6 Å². The topological polar surface area (TPSA) is 50.2 Å². The summed E-state index contributed by atoms with van der Waals surface area (Å²) in [7, 11) is 0. The van der Waals surface area contributed by atoms with E-state index in [1.165, 1.54) is 6.07 Å². The summed E-state index contributed by atoms with van der Waals surface area (Å²) >= 11 is 1.12. The molecule has 0 aliphatic heterocycles. The monoisotopic (exact) mass is 327 g/mol. The van der Waals surface area contributed by atoms with Crippen molar-refractivity contribution >= 4 is 17.1 Å². The number of nitrogens with zero attached hydrogens (tertiary/aromatic N) is 1. The fourth-order valence-corrected chi connectivity index (χ4v) is 3.60. The van der Waals surface area contributed by atoms with Crippen molar-refractivity contribution in [2.75, 3.05) is 0 Å². The first-order chi connectivity index (χ1) is 10.3. The SMILES string of the molecule is CC1CCc2nc(-c3ccc(O)c(C(F)(F)F)c3)sc2C1=O. The first kappa shape index (κ1) is 15.0. The van der Waals surface area contributed by atoms with Gasteiger partial charge in [-0.1, -0.05) is 6.92 Å². The van der Waals surface area contributed by atoms with Gasteiger partial charge in [0.1, 0.15) is 10.8 Å². The van der Waals surface area contributed by atoms with Crippen LogP contribution >= 0.6 is 11.3 Å². The van der Waals surface area contributed by atoms with E-state index in [0.717, 1.165) is 23.5 Å². The second-order valence-electron chi connectivity index (χ2n) is 5.33. The molecule has 0 amide bonds. The average molecular weight is 327 g/mol. The van der Waals surface area contributed by atoms with Crippen molar-refractivity contribution in [3.63, 3.8) is 0 Å². The first-order valence-corrected chi connectivity index (χ1v) is 7.53. The van der Waals surface area contributed by atoms with Crippen molar-refractivity contribution in [1.82, 2.24) is 4.98 Å². The van der Waals surface area contributed by atoms with E-state index in [4.69, 9.17) is 0 Å². The Morgan fingerprint density at radius 1 is 1.36 bits per heavy atom. The molecule has 116 valence electrons. The summed E-state index contributed by atoms with van der Waals surface area (Å²) in [6.45, 7) is 1.84. The van der Waals surface area contributed by atoms with Gasteiger partial charge in [-0.3, -0.25) is 4.79 Å². The molecule has 3 nitrogen and oxygen atoms in total. The van der Waals surface area contributed by atoms with Crippen molar-refractivity contribution in [2.24, 2.45) is 5.92 Å². The van der Waals surface area contributed by atoms with Crippen molar-refractivity contribution in [2.45, 2.75) is 25.9 Å².